The molecule has 0 bridgehead atoms. The molecule has 110 valence electrons. The van der Waals surface area contributed by atoms with Gasteiger partial charge in [-0.1, -0.05) is 6.07 Å². The molecule has 21 heavy (non-hydrogen) atoms. The smallest absolute Gasteiger partial charge is 0.341 e. The van der Waals surface area contributed by atoms with E-state index >= 15 is 0 Å². The molecule has 2 heterocycles. The van der Waals surface area contributed by atoms with Crippen LogP contribution < -0.4 is 15.2 Å². The van der Waals surface area contributed by atoms with Crippen molar-refractivity contribution in [2.75, 3.05) is 19.6 Å². The quantitative estimate of drug-likeness (QED) is 0.883. The Bertz CT molecular complexity index is 708. The van der Waals surface area contributed by atoms with Gasteiger partial charge < -0.3 is 19.9 Å². The Labute approximate surface area is 126 Å². The Balaban J connectivity index is 1.90. The summed E-state index contributed by atoms with van der Waals surface area (Å²) in [5, 5.41) is 0.495. The van der Waals surface area contributed by atoms with Gasteiger partial charge in [0.1, 0.15) is 5.00 Å². The minimum Gasteiger partial charge on any atom is -0.465 e. The topological polar surface area (TPSA) is 70.8 Å². The molecule has 0 spiro atoms. The number of carbonyl (C=O) groups is 1. The van der Waals surface area contributed by atoms with E-state index in [2.05, 4.69) is 0 Å². The van der Waals surface area contributed by atoms with Gasteiger partial charge in [-0.05, 0) is 30.2 Å². The van der Waals surface area contributed by atoms with Gasteiger partial charge in [-0.2, -0.15) is 0 Å². The number of methoxy groups -OCH3 is 1. The van der Waals surface area contributed by atoms with E-state index in [9.17, 15) is 4.79 Å². The second kappa shape index (κ2) is 5.29. The van der Waals surface area contributed by atoms with Crippen molar-refractivity contribution >= 4 is 22.3 Å². The molecule has 1 aliphatic heterocycles. The lowest BCUT2D eigenvalue weighted by molar-refractivity contribution is 0.0601. The first-order valence-corrected chi connectivity index (χ1v) is 7.26. The van der Waals surface area contributed by atoms with E-state index in [0.717, 1.165) is 27.5 Å². The minimum absolute atomic E-state index is 0.260. The molecule has 5 nitrogen and oxygen atoms in total. The van der Waals surface area contributed by atoms with Crippen LogP contribution in [0.4, 0.5) is 5.00 Å². The van der Waals surface area contributed by atoms with Crippen LogP contribution in [0.15, 0.2) is 18.2 Å². The van der Waals surface area contributed by atoms with E-state index < -0.39 is 5.97 Å². The fourth-order valence-corrected chi connectivity index (χ4v) is 3.44. The third-order valence-electron chi connectivity index (χ3n) is 3.46. The molecular formula is C15H15NO4S. The summed E-state index contributed by atoms with van der Waals surface area (Å²) in [6, 6.07) is 5.83. The number of nitrogen functional groups attached to an aromatic ring is 1. The van der Waals surface area contributed by atoms with Crippen LogP contribution in [0.25, 0.3) is 0 Å². The molecule has 0 unspecified atom stereocenters. The standard InChI is InChI=1S/C15H15NO4S/c1-8-12(21-14(16)13(8)15(17)18-2)6-9-3-4-10-11(5-9)20-7-19-10/h3-5H,6-7,16H2,1-2H3. The summed E-state index contributed by atoms with van der Waals surface area (Å²) in [7, 11) is 1.36. The lowest BCUT2D eigenvalue weighted by Crippen LogP contribution is -2.04. The summed E-state index contributed by atoms with van der Waals surface area (Å²) in [6.07, 6.45) is 0.689. The van der Waals surface area contributed by atoms with Gasteiger partial charge in [-0.15, -0.1) is 11.3 Å². The van der Waals surface area contributed by atoms with E-state index in [0.29, 0.717) is 17.0 Å². The van der Waals surface area contributed by atoms with E-state index in [-0.39, 0.29) is 6.79 Å². The number of rotatable bonds is 3. The van der Waals surface area contributed by atoms with Crippen LogP contribution >= 0.6 is 11.3 Å². The van der Waals surface area contributed by atoms with Gasteiger partial charge in [0.15, 0.2) is 11.5 Å². The largest absolute Gasteiger partial charge is 0.465 e. The summed E-state index contributed by atoms with van der Waals surface area (Å²) in [6.45, 7) is 2.15. The summed E-state index contributed by atoms with van der Waals surface area (Å²) in [4.78, 5) is 12.8. The second-order valence-electron chi connectivity index (χ2n) is 4.75. The number of nitrogens with two attached hydrogens (primary N) is 1. The highest BCUT2D eigenvalue weighted by atomic mass is 32.1. The maximum absolute atomic E-state index is 11.7. The van der Waals surface area contributed by atoms with Crippen LogP contribution in [-0.4, -0.2) is 19.9 Å². The van der Waals surface area contributed by atoms with Crippen LogP contribution in [0.2, 0.25) is 0 Å². The van der Waals surface area contributed by atoms with Gasteiger partial charge in [0.05, 0.1) is 12.7 Å². The van der Waals surface area contributed by atoms with Gasteiger partial charge in [0.2, 0.25) is 6.79 Å². The zero-order chi connectivity index (χ0) is 15.0. The monoisotopic (exact) mass is 305 g/mol. The van der Waals surface area contributed by atoms with Crippen LogP contribution in [0, 0.1) is 6.92 Å². The van der Waals surface area contributed by atoms with Gasteiger partial charge in [0.25, 0.3) is 0 Å². The van der Waals surface area contributed by atoms with Crippen LogP contribution in [0.3, 0.4) is 0 Å². The van der Waals surface area contributed by atoms with Crippen molar-refractivity contribution < 1.29 is 19.0 Å². The number of hydrogen-bond acceptors (Lipinski definition) is 6. The summed E-state index contributed by atoms with van der Waals surface area (Å²) >= 11 is 1.42. The number of benzene rings is 1. The van der Waals surface area contributed by atoms with Crippen molar-refractivity contribution in [1.29, 1.82) is 0 Å². The van der Waals surface area contributed by atoms with Crippen molar-refractivity contribution in [3.8, 4) is 11.5 Å². The molecule has 6 heteroatoms. The van der Waals surface area contributed by atoms with E-state index in [4.69, 9.17) is 19.9 Å². The van der Waals surface area contributed by atoms with E-state index in [1.165, 1.54) is 18.4 Å². The lowest BCUT2D eigenvalue weighted by atomic mass is 10.1. The first-order chi connectivity index (χ1) is 10.1. The summed E-state index contributed by atoms with van der Waals surface area (Å²) in [5.41, 5.74) is 8.37. The molecule has 0 aliphatic carbocycles. The average Bonchev–Trinajstić information content (AvgIpc) is 3.03. The highest BCUT2D eigenvalue weighted by Crippen LogP contribution is 2.36. The number of fused-ring (bicyclic) bond motifs is 1. The van der Waals surface area contributed by atoms with Crippen molar-refractivity contribution in [3.05, 3.63) is 39.8 Å². The number of hydrogen-bond donors (Lipinski definition) is 1. The molecule has 1 aromatic carbocycles. The molecule has 1 aliphatic rings. The van der Waals surface area contributed by atoms with Crippen LogP contribution in [-0.2, 0) is 11.2 Å². The number of esters is 1. The SMILES string of the molecule is COC(=O)c1c(N)sc(Cc2ccc3c(c2)OCO3)c1C. The molecule has 3 rings (SSSR count). The minimum atomic E-state index is -0.391. The number of anilines is 1. The van der Waals surface area contributed by atoms with Crippen molar-refractivity contribution in [2.45, 2.75) is 13.3 Å². The maximum Gasteiger partial charge on any atom is 0.341 e. The zero-order valence-electron chi connectivity index (χ0n) is 11.8. The molecule has 0 radical (unpaired) electrons. The maximum atomic E-state index is 11.7. The lowest BCUT2D eigenvalue weighted by Gasteiger charge is -2.03. The molecule has 1 aromatic heterocycles. The second-order valence-corrected chi connectivity index (χ2v) is 5.88. The zero-order valence-corrected chi connectivity index (χ0v) is 12.6. The van der Waals surface area contributed by atoms with Crippen molar-refractivity contribution in [1.82, 2.24) is 0 Å². The molecule has 0 fully saturated rings. The predicted octanol–water partition coefficient (Wildman–Crippen LogP) is 2.74. The molecule has 0 saturated carbocycles. The highest BCUT2D eigenvalue weighted by Gasteiger charge is 2.21. The molecule has 2 aromatic rings. The fourth-order valence-electron chi connectivity index (χ4n) is 2.35. The molecule has 0 saturated heterocycles. The van der Waals surface area contributed by atoms with Gasteiger partial charge >= 0.3 is 5.97 Å². The third-order valence-corrected chi connectivity index (χ3v) is 4.58. The molecule has 0 atom stereocenters. The van der Waals surface area contributed by atoms with E-state index in [1.54, 1.807) is 0 Å². The Kier molecular flexibility index (Phi) is 3.47. The summed E-state index contributed by atoms with van der Waals surface area (Å²) < 4.78 is 15.4. The molecular weight excluding hydrogens is 290 g/mol. The number of thiophene rings is 1. The van der Waals surface area contributed by atoms with Gasteiger partial charge in [-0.3, -0.25) is 0 Å². The third kappa shape index (κ3) is 2.42. The summed E-state index contributed by atoms with van der Waals surface area (Å²) in [5.74, 6) is 1.12. The van der Waals surface area contributed by atoms with E-state index in [1.807, 2.05) is 25.1 Å². The molecule has 2 N–H and O–H groups in total. The first-order valence-electron chi connectivity index (χ1n) is 6.44. The van der Waals surface area contributed by atoms with Crippen molar-refractivity contribution in [2.24, 2.45) is 0 Å². The first kappa shape index (κ1) is 13.8. The van der Waals surface area contributed by atoms with Crippen LogP contribution in [0.5, 0.6) is 11.5 Å². The average molecular weight is 305 g/mol. The van der Waals surface area contributed by atoms with Gasteiger partial charge in [-0.25, -0.2) is 4.79 Å². The Morgan fingerprint density at radius 3 is 2.90 bits per heavy atom. The Morgan fingerprint density at radius 2 is 2.14 bits per heavy atom. The van der Waals surface area contributed by atoms with Crippen molar-refractivity contribution in [3.63, 3.8) is 0 Å². The molecule has 0 amide bonds. The Hall–Kier alpha value is -2.21. The Morgan fingerprint density at radius 1 is 1.38 bits per heavy atom. The predicted molar refractivity (Wildman–Crippen MR) is 80.2 cm³/mol. The van der Waals surface area contributed by atoms with Crippen LogP contribution in [0.1, 0.15) is 26.4 Å². The number of ether oxygens (including phenoxy) is 3. The highest BCUT2D eigenvalue weighted by molar-refractivity contribution is 7.16. The fraction of sp³-hybridized carbons (Fsp3) is 0.267. The van der Waals surface area contributed by atoms with Gasteiger partial charge in [0, 0.05) is 11.3 Å². The normalized spacial score (nSPS) is 12.5. The number of carbonyl (C=O) groups excluding carboxylic acids is 1.